The van der Waals surface area contributed by atoms with Gasteiger partial charge in [0, 0.05) is 6.20 Å². The first-order valence-electron chi connectivity index (χ1n) is 4.86. The molecule has 1 aromatic heterocycles. The topological polar surface area (TPSA) is 50.2 Å². The fourth-order valence-corrected chi connectivity index (χ4v) is 2.12. The second-order valence-electron chi connectivity index (χ2n) is 3.88. The lowest BCUT2D eigenvalue weighted by Crippen LogP contribution is -2.26. The number of aryl methyl sites for hydroxylation is 1. The van der Waals surface area contributed by atoms with E-state index < -0.39 is 11.9 Å². The minimum Gasteiger partial charge on any atom is -0.481 e. The molecule has 0 amide bonds. The second kappa shape index (κ2) is 3.40. The van der Waals surface area contributed by atoms with Gasteiger partial charge in [0.25, 0.3) is 0 Å². The number of nitrogens with zero attached hydrogens (tertiary/aromatic N) is 1. The Morgan fingerprint density at radius 2 is 2.43 bits per heavy atom. The van der Waals surface area contributed by atoms with E-state index >= 15 is 0 Å². The second-order valence-corrected chi connectivity index (χ2v) is 3.88. The summed E-state index contributed by atoms with van der Waals surface area (Å²) in [7, 11) is 0. The first-order chi connectivity index (χ1) is 6.70. The van der Waals surface area contributed by atoms with Crippen LogP contribution in [0.15, 0.2) is 18.3 Å². The van der Waals surface area contributed by atoms with Crippen molar-refractivity contribution >= 4 is 5.97 Å². The monoisotopic (exact) mass is 191 g/mol. The van der Waals surface area contributed by atoms with Crippen molar-refractivity contribution in [3.8, 4) is 0 Å². The van der Waals surface area contributed by atoms with Crippen LogP contribution in [0.5, 0.6) is 0 Å². The highest BCUT2D eigenvalue weighted by Gasteiger charge is 2.32. The van der Waals surface area contributed by atoms with Gasteiger partial charge in [0.05, 0.1) is 5.69 Å². The van der Waals surface area contributed by atoms with Crippen LogP contribution in [0.2, 0.25) is 0 Å². The third-order valence-corrected chi connectivity index (χ3v) is 2.92. The van der Waals surface area contributed by atoms with Gasteiger partial charge in [0.1, 0.15) is 5.92 Å². The SMILES string of the molecule is CC1CCc2cccnc2C1C(=O)O. The van der Waals surface area contributed by atoms with Crippen LogP contribution in [-0.4, -0.2) is 16.1 Å². The maximum absolute atomic E-state index is 11.1. The number of carbonyl (C=O) groups is 1. The molecule has 1 aliphatic rings. The maximum Gasteiger partial charge on any atom is 0.312 e. The Kier molecular flexibility index (Phi) is 2.23. The average molecular weight is 191 g/mol. The van der Waals surface area contributed by atoms with Crippen LogP contribution in [0.1, 0.15) is 30.5 Å². The number of rotatable bonds is 1. The van der Waals surface area contributed by atoms with E-state index in [2.05, 4.69) is 4.98 Å². The van der Waals surface area contributed by atoms with Crippen LogP contribution in [0.25, 0.3) is 0 Å². The van der Waals surface area contributed by atoms with Gasteiger partial charge >= 0.3 is 5.97 Å². The number of carboxylic acids is 1. The number of carboxylic acid groups (broad SMARTS) is 1. The number of aromatic nitrogens is 1. The molecule has 0 radical (unpaired) electrons. The molecule has 74 valence electrons. The van der Waals surface area contributed by atoms with Gasteiger partial charge in [-0.25, -0.2) is 0 Å². The van der Waals surface area contributed by atoms with E-state index in [1.54, 1.807) is 6.20 Å². The van der Waals surface area contributed by atoms with E-state index in [0.29, 0.717) is 0 Å². The van der Waals surface area contributed by atoms with Gasteiger partial charge in [-0.2, -0.15) is 0 Å². The molecule has 2 atom stereocenters. The molecule has 3 nitrogen and oxygen atoms in total. The molecule has 0 fully saturated rings. The Balaban J connectivity index is 2.46. The molecule has 3 heteroatoms. The zero-order valence-corrected chi connectivity index (χ0v) is 8.10. The summed E-state index contributed by atoms with van der Waals surface area (Å²) in [5.74, 6) is -0.980. The van der Waals surface area contributed by atoms with Gasteiger partial charge in [0.2, 0.25) is 0 Å². The average Bonchev–Trinajstić information content (AvgIpc) is 2.17. The van der Waals surface area contributed by atoms with Crippen LogP contribution in [-0.2, 0) is 11.2 Å². The fourth-order valence-electron chi connectivity index (χ4n) is 2.12. The van der Waals surface area contributed by atoms with Crippen LogP contribution < -0.4 is 0 Å². The van der Waals surface area contributed by atoms with E-state index in [-0.39, 0.29) is 5.92 Å². The third-order valence-electron chi connectivity index (χ3n) is 2.92. The molecule has 1 aliphatic carbocycles. The summed E-state index contributed by atoms with van der Waals surface area (Å²) >= 11 is 0. The van der Waals surface area contributed by atoms with E-state index in [9.17, 15) is 4.79 Å². The Hall–Kier alpha value is -1.38. The van der Waals surface area contributed by atoms with Gasteiger partial charge in [0.15, 0.2) is 0 Å². The van der Waals surface area contributed by atoms with Crippen molar-refractivity contribution in [2.24, 2.45) is 5.92 Å². The van der Waals surface area contributed by atoms with Crippen molar-refractivity contribution in [3.05, 3.63) is 29.6 Å². The van der Waals surface area contributed by atoms with Crippen molar-refractivity contribution in [3.63, 3.8) is 0 Å². The zero-order chi connectivity index (χ0) is 10.1. The summed E-state index contributed by atoms with van der Waals surface area (Å²) in [4.78, 5) is 15.3. The van der Waals surface area contributed by atoms with Crippen LogP contribution in [0.4, 0.5) is 0 Å². The summed E-state index contributed by atoms with van der Waals surface area (Å²) in [5, 5.41) is 9.12. The number of pyridine rings is 1. The number of aliphatic carboxylic acids is 1. The highest BCUT2D eigenvalue weighted by Crippen LogP contribution is 2.34. The van der Waals surface area contributed by atoms with Crippen molar-refractivity contribution < 1.29 is 9.90 Å². The van der Waals surface area contributed by atoms with Crippen molar-refractivity contribution in [1.82, 2.24) is 4.98 Å². The molecule has 0 spiro atoms. The summed E-state index contributed by atoms with van der Waals surface area (Å²) in [6.07, 6.45) is 3.57. The number of hydrogen-bond donors (Lipinski definition) is 1. The maximum atomic E-state index is 11.1. The molecule has 14 heavy (non-hydrogen) atoms. The molecule has 1 aromatic rings. The van der Waals surface area contributed by atoms with Crippen LogP contribution in [0, 0.1) is 5.92 Å². The zero-order valence-electron chi connectivity index (χ0n) is 8.10. The van der Waals surface area contributed by atoms with Crippen LogP contribution >= 0.6 is 0 Å². The molecule has 1 heterocycles. The molecule has 0 saturated heterocycles. The lowest BCUT2D eigenvalue weighted by atomic mass is 9.79. The Bertz CT molecular complexity index is 362. The highest BCUT2D eigenvalue weighted by molar-refractivity contribution is 5.76. The summed E-state index contributed by atoms with van der Waals surface area (Å²) in [5.41, 5.74) is 1.86. The number of hydrogen-bond acceptors (Lipinski definition) is 2. The fraction of sp³-hybridized carbons (Fsp3) is 0.455. The molecule has 0 saturated carbocycles. The quantitative estimate of drug-likeness (QED) is 0.736. The first kappa shape index (κ1) is 9.19. The Morgan fingerprint density at radius 3 is 3.14 bits per heavy atom. The summed E-state index contributed by atoms with van der Waals surface area (Å²) < 4.78 is 0. The molecule has 2 unspecified atom stereocenters. The van der Waals surface area contributed by atoms with Gasteiger partial charge in [-0.1, -0.05) is 13.0 Å². The minimum absolute atomic E-state index is 0.190. The Morgan fingerprint density at radius 1 is 1.64 bits per heavy atom. The van der Waals surface area contributed by atoms with Gasteiger partial charge in [-0.15, -0.1) is 0 Å². The van der Waals surface area contributed by atoms with E-state index in [0.717, 1.165) is 24.1 Å². The standard InChI is InChI=1S/C11H13NO2/c1-7-4-5-8-3-2-6-12-10(8)9(7)11(13)14/h2-3,6-7,9H,4-5H2,1H3,(H,13,14). The molecule has 0 bridgehead atoms. The highest BCUT2D eigenvalue weighted by atomic mass is 16.4. The third kappa shape index (κ3) is 1.39. The predicted molar refractivity (Wildman–Crippen MR) is 52.1 cm³/mol. The van der Waals surface area contributed by atoms with Gasteiger partial charge < -0.3 is 5.11 Å². The molecule has 1 N–H and O–H groups in total. The van der Waals surface area contributed by atoms with Crippen molar-refractivity contribution in [2.45, 2.75) is 25.7 Å². The molecule has 0 aliphatic heterocycles. The van der Waals surface area contributed by atoms with E-state index in [4.69, 9.17) is 5.11 Å². The minimum atomic E-state index is -0.753. The lowest BCUT2D eigenvalue weighted by Gasteiger charge is -2.26. The first-order valence-corrected chi connectivity index (χ1v) is 4.86. The van der Waals surface area contributed by atoms with E-state index in [1.807, 2.05) is 19.1 Å². The lowest BCUT2D eigenvalue weighted by molar-refractivity contribution is -0.140. The summed E-state index contributed by atoms with van der Waals surface area (Å²) in [6.45, 7) is 1.98. The van der Waals surface area contributed by atoms with E-state index in [1.165, 1.54) is 0 Å². The molecular weight excluding hydrogens is 178 g/mol. The Labute approximate surface area is 82.8 Å². The predicted octanol–water partition coefficient (Wildman–Crippen LogP) is 1.83. The normalized spacial score (nSPS) is 25.5. The van der Waals surface area contributed by atoms with Crippen molar-refractivity contribution in [1.29, 1.82) is 0 Å². The smallest absolute Gasteiger partial charge is 0.312 e. The largest absolute Gasteiger partial charge is 0.481 e. The van der Waals surface area contributed by atoms with Crippen molar-refractivity contribution in [2.75, 3.05) is 0 Å². The molecule has 2 rings (SSSR count). The van der Waals surface area contributed by atoms with Gasteiger partial charge in [-0.3, -0.25) is 9.78 Å². The van der Waals surface area contributed by atoms with Gasteiger partial charge in [-0.05, 0) is 30.4 Å². The summed E-state index contributed by atoms with van der Waals surface area (Å²) in [6, 6.07) is 3.85. The number of fused-ring (bicyclic) bond motifs is 1. The van der Waals surface area contributed by atoms with Crippen LogP contribution in [0.3, 0.4) is 0 Å². The molecular formula is C11H13NO2. The molecule has 0 aromatic carbocycles.